The van der Waals surface area contributed by atoms with Crippen molar-refractivity contribution in [2.24, 2.45) is 0 Å². The van der Waals surface area contributed by atoms with Gasteiger partial charge in [-0.2, -0.15) is 0 Å². The number of rotatable bonds is 3. The second-order valence-electron chi connectivity index (χ2n) is 3.42. The average Bonchev–Trinajstić information content (AvgIpc) is 2.15. The minimum Gasteiger partial charge on any atom is -0.338 e. The molecule has 0 radical (unpaired) electrons. The third kappa shape index (κ3) is 3.19. The van der Waals surface area contributed by atoms with Crippen LogP contribution in [0.3, 0.4) is 0 Å². The van der Waals surface area contributed by atoms with Crippen LogP contribution >= 0.6 is 0 Å². The summed E-state index contributed by atoms with van der Waals surface area (Å²) >= 11 is 0. The van der Waals surface area contributed by atoms with Crippen LogP contribution in [0.5, 0.6) is 0 Å². The molecule has 0 aromatic carbocycles. The van der Waals surface area contributed by atoms with E-state index in [0.717, 1.165) is 26.1 Å². The monoisotopic (exact) mass is 182 g/mol. The van der Waals surface area contributed by atoms with Crippen LogP contribution in [0.2, 0.25) is 0 Å². The molecule has 74 valence electrons. The lowest BCUT2D eigenvalue weighted by Gasteiger charge is -2.25. The molecule has 0 fully saturated rings. The Hall–Kier alpha value is -0.830. The molecule has 1 aliphatic rings. The maximum atomic E-state index is 11.5. The zero-order valence-electron chi connectivity index (χ0n) is 8.47. The van der Waals surface area contributed by atoms with Gasteiger partial charge in [0.1, 0.15) is 0 Å². The highest BCUT2D eigenvalue weighted by molar-refractivity contribution is 5.78. The molecular weight excluding hydrogens is 164 g/mol. The predicted octanol–water partition coefficient (Wildman–Crippen LogP) is 0.774. The van der Waals surface area contributed by atoms with Gasteiger partial charge in [-0.1, -0.05) is 18.6 Å². The SMILES string of the molecule is CCNCC(=O)N1CC=C(C)CC1. The van der Waals surface area contributed by atoms with Crippen molar-refractivity contribution in [2.45, 2.75) is 20.3 Å². The summed E-state index contributed by atoms with van der Waals surface area (Å²) in [6.07, 6.45) is 3.16. The number of amides is 1. The fourth-order valence-corrected chi connectivity index (χ4v) is 1.34. The van der Waals surface area contributed by atoms with Gasteiger partial charge < -0.3 is 10.2 Å². The summed E-state index contributed by atoms with van der Waals surface area (Å²) in [6.45, 7) is 7.13. The average molecular weight is 182 g/mol. The Morgan fingerprint density at radius 2 is 2.46 bits per heavy atom. The van der Waals surface area contributed by atoms with E-state index in [1.807, 2.05) is 11.8 Å². The van der Waals surface area contributed by atoms with Crippen molar-refractivity contribution in [3.8, 4) is 0 Å². The van der Waals surface area contributed by atoms with Crippen molar-refractivity contribution in [1.29, 1.82) is 0 Å². The lowest BCUT2D eigenvalue weighted by atomic mass is 10.1. The fraction of sp³-hybridized carbons (Fsp3) is 0.700. The van der Waals surface area contributed by atoms with E-state index in [9.17, 15) is 4.79 Å². The van der Waals surface area contributed by atoms with E-state index >= 15 is 0 Å². The number of nitrogens with zero attached hydrogens (tertiary/aromatic N) is 1. The van der Waals surface area contributed by atoms with Gasteiger partial charge >= 0.3 is 0 Å². The molecule has 13 heavy (non-hydrogen) atoms. The van der Waals surface area contributed by atoms with Crippen molar-refractivity contribution in [3.63, 3.8) is 0 Å². The van der Waals surface area contributed by atoms with E-state index in [1.165, 1.54) is 5.57 Å². The van der Waals surface area contributed by atoms with Crippen LogP contribution in [0.1, 0.15) is 20.3 Å². The third-order valence-corrected chi connectivity index (χ3v) is 2.32. The zero-order valence-corrected chi connectivity index (χ0v) is 8.47. The lowest BCUT2D eigenvalue weighted by Crippen LogP contribution is -2.40. The summed E-state index contributed by atoms with van der Waals surface area (Å²) in [4.78, 5) is 13.4. The van der Waals surface area contributed by atoms with Crippen molar-refractivity contribution in [2.75, 3.05) is 26.2 Å². The van der Waals surface area contributed by atoms with Gasteiger partial charge in [-0.25, -0.2) is 0 Å². The van der Waals surface area contributed by atoms with Gasteiger partial charge in [-0.05, 0) is 19.9 Å². The van der Waals surface area contributed by atoms with Crippen LogP contribution in [-0.4, -0.2) is 37.0 Å². The highest BCUT2D eigenvalue weighted by Crippen LogP contribution is 2.08. The largest absolute Gasteiger partial charge is 0.338 e. The van der Waals surface area contributed by atoms with Crippen LogP contribution in [-0.2, 0) is 4.79 Å². The molecule has 0 unspecified atom stereocenters. The Labute approximate surface area is 79.8 Å². The molecule has 0 aromatic rings. The fourth-order valence-electron chi connectivity index (χ4n) is 1.34. The maximum Gasteiger partial charge on any atom is 0.236 e. The normalized spacial score (nSPS) is 17.1. The molecule has 3 nitrogen and oxygen atoms in total. The van der Waals surface area contributed by atoms with Crippen molar-refractivity contribution in [1.82, 2.24) is 10.2 Å². The van der Waals surface area contributed by atoms with Gasteiger partial charge in [0.25, 0.3) is 0 Å². The molecule has 0 bridgehead atoms. The Morgan fingerprint density at radius 3 is 3.00 bits per heavy atom. The molecule has 0 spiro atoms. The number of carbonyl (C=O) groups is 1. The summed E-state index contributed by atoms with van der Waals surface area (Å²) in [5.41, 5.74) is 1.40. The number of hydrogen-bond acceptors (Lipinski definition) is 2. The van der Waals surface area contributed by atoms with E-state index in [-0.39, 0.29) is 5.91 Å². The van der Waals surface area contributed by atoms with Gasteiger partial charge in [0, 0.05) is 13.1 Å². The summed E-state index contributed by atoms with van der Waals surface area (Å²) in [5.74, 6) is 0.214. The van der Waals surface area contributed by atoms with Crippen LogP contribution in [0.25, 0.3) is 0 Å². The van der Waals surface area contributed by atoms with Crippen LogP contribution in [0.15, 0.2) is 11.6 Å². The Kier molecular flexibility index (Phi) is 3.96. The van der Waals surface area contributed by atoms with E-state index in [0.29, 0.717) is 6.54 Å². The zero-order chi connectivity index (χ0) is 9.68. The number of hydrogen-bond donors (Lipinski definition) is 1. The molecule has 0 aromatic heterocycles. The van der Waals surface area contributed by atoms with E-state index in [4.69, 9.17) is 0 Å². The van der Waals surface area contributed by atoms with E-state index < -0.39 is 0 Å². The number of nitrogens with one attached hydrogen (secondary N) is 1. The molecule has 0 atom stereocenters. The number of carbonyl (C=O) groups excluding carboxylic acids is 1. The van der Waals surface area contributed by atoms with Gasteiger partial charge in [-0.15, -0.1) is 0 Å². The third-order valence-electron chi connectivity index (χ3n) is 2.32. The molecule has 0 saturated heterocycles. The first-order chi connectivity index (χ1) is 6.24. The van der Waals surface area contributed by atoms with Crippen LogP contribution in [0, 0.1) is 0 Å². The van der Waals surface area contributed by atoms with E-state index in [2.05, 4.69) is 18.3 Å². The molecule has 0 aliphatic carbocycles. The highest BCUT2D eigenvalue weighted by Gasteiger charge is 2.14. The standard InChI is InChI=1S/C10H18N2O/c1-3-11-8-10(13)12-6-4-9(2)5-7-12/h4,11H,3,5-8H2,1-2H3. The van der Waals surface area contributed by atoms with Crippen molar-refractivity contribution >= 4 is 5.91 Å². The quantitative estimate of drug-likeness (QED) is 0.654. The molecule has 1 rings (SSSR count). The van der Waals surface area contributed by atoms with Gasteiger partial charge in [-0.3, -0.25) is 4.79 Å². The molecule has 1 aliphatic heterocycles. The first-order valence-corrected chi connectivity index (χ1v) is 4.88. The highest BCUT2D eigenvalue weighted by atomic mass is 16.2. The van der Waals surface area contributed by atoms with Crippen molar-refractivity contribution in [3.05, 3.63) is 11.6 Å². The molecule has 1 heterocycles. The minimum absolute atomic E-state index is 0.214. The van der Waals surface area contributed by atoms with Gasteiger partial charge in [0.05, 0.1) is 6.54 Å². The van der Waals surface area contributed by atoms with Crippen molar-refractivity contribution < 1.29 is 4.79 Å². The summed E-state index contributed by atoms with van der Waals surface area (Å²) < 4.78 is 0. The second-order valence-corrected chi connectivity index (χ2v) is 3.42. The molecule has 3 heteroatoms. The smallest absolute Gasteiger partial charge is 0.236 e. The topological polar surface area (TPSA) is 32.3 Å². The Balaban J connectivity index is 2.32. The molecule has 1 amide bonds. The minimum atomic E-state index is 0.214. The van der Waals surface area contributed by atoms with Gasteiger partial charge in [0.2, 0.25) is 5.91 Å². The maximum absolute atomic E-state index is 11.5. The summed E-state index contributed by atoms with van der Waals surface area (Å²) in [6, 6.07) is 0. The van der Waals surface area contributed by atoms with Gasteiger partial charge in [0.15, 0.2) is 0 Å². The van der Waals surface area contributed by atoms with Crippen LogP contribution in [0.4, 0.5) is 0 Å². The van der Waals surface area contributed by atoms with Crippen LogP contribution < -0.4 is 5.32 Å². The first kappa shape index (κ1) is 10.3. The second kappa shape index (κ2) is 5.02. The summed E-state index contributed by atoms with van der Waals surface area (Å²) in [7, 11) is 0. The Bertz CT molecular complexity index is 211. The summed E-state index contributed by atoms with van der Waals surface area (Å²) in [5, 5.41) is 3.04. The first-order valence-electron chi connectivity index (χ1n) is 4.88. The molecule has 1 N–H and O–H groups in total. The lowest BCUT2D eigenvalue weighted by molar-refractivity contribution is -0.129. The number of likely N-dealkylation sites (N-methyl/N-ethyl adjacent to an activating group) is 1. The predicted molar refractivity (Wildman–Crippen MR) is 53.5 cm³/mol. The van der Waals surface area contributed by atoms with E-state index in [1.54, 1.807) is 0 Å². The Morgan fingerprint density at radius 1 is 1.69 bits per heavy atom. The molecule has 0 saturated carbocycles. The molecular formula is C10H18N2O.